The van der Waals surface area contributed by atoms with Crippen LogP contribution in [0.2, 0.25) is 0 Å². The average Bonchev–Trinajstić information content (AvgIpc) is 2.51. The van der Waals surface area contributed by atoms with Crippen molar-refractivity contribution in [2.24, 2.45) is 0 Å². The SMILES string of the molecule is CCP(=O)(COS(=O)(=O)c1c(SC)cccc1C(F)(F)F)OC(C)C. The van der Waals surface area contributed by atoms with E-state index in [4.69, 9.17) is 8.71 Å². The highest BCUT2D eigenvalue weighted by Crippen LogP contribution is 2.49. The molecule has 1 rings (SSSR count). The molecule has 144 valence electrons. The molecule has 0 spiro atoms. The van der Waals surface area contributed by atoms with Crippen molar-refractivity contribution in [2.45, 2.75) is 42.8 Å². The van der Waals surface area contributed by atoms with Crippen molar-refractivity contribution in [1.82, 2.24) is 0 Å². The maximum Gasteiger partial charge on any atom is 0.417 e. The Morgan fingerprint density at radius 3 is 2.32 bits per heavy atom. The zero-order valence-corrected chi connectivity index (χ0v) is 16.7. The predicted molar refractivity (Wildman–Crippen MR) is 90.7 cm³/mol. The van der Waals surface area contributed by atoms with Crippen LogP contribution in [0.3, 0.4) is 0 Å². The van der Waals surface area contributed by atoms with Crippen molar-refractivity contribution in [2.75, 3.05) is 18.8 Å². The van der Waals surface area contributed by atoms with Crippen molar-refractivity contribution in [3.05, 3.63) is 23.8 Å². The van der Waals surface area contributed by atoms with Gasteiger partial charge in [-0.15, -0.1) is 11.8 Å². The summed E-state index contributed by atoms with van der Waals surface area (Å²) < 4.78 is 86.8. The average molecular weight is 420 g/mol. The molecule has 1 aromatic carbocycles. The first kappa shape index (κ1) is 22.5. The molecule has 1 unspecified atom stereocenters. The third-order valence-electron chi connectivity index (χ3n) is 3.04. The largest absolute Gasteiger partial charge is 0.417 e. The minimum atomic E-state index is -4.87. The lowest BCUT2D eigenvalue weighted by Crippen LogP contribution is -2.18. The van der Waals surface area contributed by atoms with E-state index in [-0.39, 0.29) is 11.1 Å². The van der Waals surface area contributed by atoms with Crippen molar-refractivity contribution in [3.8, 4) is 0 Å². The molecule has 0 heterocycles. The molecular weight excluding hydrogens is 400 g/mol. The van der Waals surface area contributed by atoms with Crippen LogP contribution in [-0.2, 0) is 29.6 Å². The molecule has 11 heteroatoms. The van der Waals surface area contributed by atoms with E-state index in [1.54, 1.807) is 13.8 Å². The number of alkyl halides is 3. The number of hydrogen-bond donors (Lipinski definition) is 0. The Bertz CT molecular complexity index is 747. The van der Waals surface area contributed by atoms with Crippen LogP contribution in [0.1, 0.15) is 26.3 Å². The molecule has 1 aromatic rings. The summed E-state index contributed by atoms with van der Waals surface area (Å²) in [4.78, 5) is -1.08. The fourth-order valence-electron chi connectivity index (χ4n) is 1.95. The van der Waals surface area contributed by atoms with Crippen molar-refractivity contribution in [1.29, 1.82) is 0 Å². The third-order valence-corrected chi connectivity index (χ3v) is 7.79. The van der Waals surface area contributed by atoms with Crippen molar-refractivity contribution in [3.63, 3.8) is 0 Å². The Labute approximate surface area is 149 Å². The zero-order chi connectivity index (χ0) is 19.5. The molecule has 0 radical (unpaired) electrons. The van der Waals surface area contributed by atoms with Crippen LogP contribution in [-0.4, -0.2) is 33.3 Å². The summed E-state index contributed by atoms with van der Waals surface area (Å²) in [5, 5.41) is 0. The van der Waals surface area contributed by atoms with Gasteiger partial charge in [-0.05, 0) is 32.2 Å². The van der Waals surface area contributed by atoms with Gasteiger partial charge in [0, 0.05) is 11.1 Å². The molecule has 0 aliphatic heterocycles. The summed E-state index contributed by atoms with van der Waals surface area (Å²) in [6.45, 7) is 4.75. The summed E-state index contributed by atoms with van der Waals surface area (Å²) in [7, 11) is -8.23. The van der Waals surface area contributed by atoms with E-state index in [0.29, 0.717) is 6.07 Å². The summed E-state index contributed by atoms with van der Waals surface area (Å²) >= 11 is 0.843. The highest BCUT2D eigenvalue weighted by Gasteiger charge is 2.40. The second kappa shape index (κ2) is 8.43. The maximum atomic E-state index is 13.2. The van der Waals surface area contributed by atoms with E-state index >= 15 is 0 Å². The Kier molecular flexibility index (Phi) is 7.59. The molecule has 0 aromatic heterocycles. The second-order valence-corrected chi connectivity index (χ2v) is 10.5. The third kappa shape index (κ3) is 5.99. The quantitative estimate of drug-likeness (QED) is 0.341. The zero-order valence-electron chi connectivity index (χ0n) is 14.2. The van der Waals surface area contributed by atoms with Gasteiger partial charge < -0.3 is 4.52 Å². The molecular formula is C14H20F3O5PS2. The topological polar surface area (TPSA) is 69.7 Å². The minimum Gasteiger partial charge on any atom is -0.324 e. The lowest BCUT2D eigenvalue weighted by atomic mass is 10.2. The van der Waals surface area contributed by atoms with E-state index < -0.39 is 46.6 Å². The molecule has 25 heavy (non-hydrogen) atoms. The van der Waals surface area contributed by atoms with E-state index in [1.165, 1.54) is 19.2 Å². The molecule has 0 saturated carbocycles. The Morgan fingerprint density at radius 1 is 1.28 bits per heavy atom. The van der Waals surface area contributed by atoms with Crippen LogP contribution < -0.4 is 0 Å². The molecule has 0 amide bonds. The van der Waals surface area contributed by atoms with Gasteiger partial charge in [-0.2, -0.15) is 21.6 Å². The molecule has 0 fully saturated rings. The van der Waals surface area contributed by atoms with Gasteiger partial charge in [-0.3, -0.25) is 8.75 Å². The first-order valence-electron chi connectivity index (χ1n) is 7.26. The molecule has 1 atom stereocenters. The maximum absolute atomic E-state index is 13.2. The number of halogens is 3. The first-order chi connectivity index (χ1) is 11.4. The predicted octanol–water partition coefficient (Wildman–Crippen LogP) is 4.81. The smallest absolute Gasteiger partial charge is 0.324 e. The highest BCUT2D eigenvalue weighted by atomic mass is 32.2. The van der Waals surface area contributed by atoms with Crippen LogP contribution >= 0.6 is 19.1 Å². The van der Waals surface area contributed by atoms with E-state index in [9.17, 15) is 26.2 Å². The normalized spacial score (nSPS) is 15.4. The number of thioether (sulfide) groups is 1. The second-order valence-electron chi connectivity index (χ2n) is 5.32. The number of hydrogen-bond acceptors (Lipinski definition) is 6. The van der Waals surface area contributed by atoms with E-state index in [1.807, 2.05) is 0 Å². The fourth-order valence-corrected chi connectivity index (χ4v) is 6.26. The summed E-state index contributed by atoms with van der Waals surface area (Å²) in [5.74, 6) is 0. The molecule has 0 N–H and O–H groups in total. The van der Waals surface area contributed by atoms with Gasteiger partial charge in [0.05, 0.1) is 11.7 Å². The number of benzene rings is 1. The van der Waals surface area contributed by atoms with Gasteiger partial charge in [0.25, 0.3) is 10.1 Å². The summed E-state index contributed by atoms with van der Waals surface area (Å²) in [5.41, 5.74) is -1.32. The van der Waals surface area contributed by atoms with Gasteiger partial charge in [0.2, 0.25) is 7.37 Å². The first-order valence-corrected chi connectivity index (χ1v) is 11.9. The van der Waals surface area contributed by atoms with Gasteiger partial charge in [-0.1, -0.05) is 13.0 Å². The number of rotatable bonds is 8. The highest BCUT2D eigenvalue weighted by molar-refractivity contribution is 7.99. The van der Waals surface area contributed by atoms with Gasteiger partial charge in [0.15, 0.2) is 0 Å². The summed E-state index contributed by atoms with van der Waals surface area (Å²) in [6.07, 6.45) is -4.68. The Hall–Kier alpha value is -0.540. The van der Waals surface area contributed by atoms with Crippen molar-refractivity contribution >= 4 is 29.2 Å². The monoisotopic (exact) mass is 420 g/mol. The fraction of sp³-hybridized carbons (Fsp3) is 0.571. The lowest BCUT2D eigenvalue weighted by Gasteiger charge is -2.20. The van der Waals surface area contributed by atoms with Crippen molar-refractivity contribution < 1.29 is 34.9 Å². The van der Waals surface area contributed by atoms with Crippen LogP contribution in [0.5, 0.6) is 0 Å². The molecule has 0 bridgehead atoms. The van der Waals surface area contributed by atoms with Crippen LogP contribution in [0.15, 0.2) is 28.0 Å². The van der Waals surface area contributed by atoms with Crippen LogP contribution in [0.4, 0.5) is 13.2 Å². The standard InChI is InChI=1S/C14H20F3O5PS2/c1-5-23(18,22-10(2)3)9-21-25(19,20)13-11(14(15,16)17)7-6-8-12(13)24-4/h6-8,10H,5,9H2,1-4H3. The van der Waals surface area contributed by atoms with Crippen LogP contribution in [0.25, 0.3) is 0 Å². The molecule has 5 nitrogen and oxygen atoms in total. The minimum absolute atomic E-state index is 0.00297. The van der Waals surface area contributed by atoms with Gasteiger partial charge >= 0.3 is 6.18 Å². The van der Waals surface area contributed by atoms with Gasteiger partial charge in [0.1, 0.15) is 11.2 Å². The molecule has 0 saturated heterocycles. The Balaban J connectivity index is 3.29. The Morgan fingerprint density at radius 2 is 1.88 bits per heavy atom. The van der Waals surface area contributed by atoms with E-state index in [0.717, 1.165) is 17.8 Å². The molecule has 0 aliphatic carbocycles. The van der Waals surface area contributed by atoms with Crippen LogP contribution in [0, 0.1) is 0 Å². The lowest BCUT2D eigenvalue weighted by molar-refractivity contribution is -0.140. The van der Waals surface area contributed by atoms with E-state index in [2.05, 4.69) is 0 Å². The van der Waals surface area contributed by atoms with Gasteiger partial charge in [-0.25, -0.2) is 0 Å². The molecule has 0 aliphatic rings. The summed E-state index contributed by atoms with van der Waals surface area (Å²) in [6, 6.07) is 3.03.